The van der Waals surface area contributed by atoms with Crippen LogP contribution in [0.1, 0.15) is 6.92 Å². The maximum atomic E-state index is 11.3. The fourth-order valence-corrected chi connectivity index (χ4v) is 2.75. The number of aromatic nitrogens is 2. The highest BCUT2D eigenvalue weighted by molar-refractivity contribution is 9.10. The van der Waals surface area contributed by atoms with Crippen LogP contribution >= 0.6 is 15.9 Å². The standard InChI is InChI=1S/C16H21BrN4O5S/c1-2-24-7-8-25-9-10-26-15-14(17)11-19-16(21-15)20-12-3-5-13(6-4-12)27(18,22)23/h3-6,11H,2,7-10H2,1H3,(H2,18,22,23)(H,19,20,21). The Bertz CT molecular complexity index is 833. The van der Waals surface area contributed by atoms with Crippen LogP contribution < -0.4 is 15.2 Å². The van der Waals surface area contributed by atoms with Crippen molar-refractivity contribution in [2.24, 2.45) is 5.14 Å². The van der Waals surface area contributed by atoms with E-state index in [1.54, 1.807) is 18.3 Å². The van der Waals surface area contributed by atoms with E-state index in [1.807, 2.05) is 6.92 Å². The number of halogens is 1. The van der Waals surface area contributed by atoms with Crippen molar-refractivity contribution in [3.63, 3.8) is 0 Å². The predicted molar refractivity (Wildman–Crippen MR) is 104 cm³/mol. The molecule has 0 fully saturated rings. The molecule has 9 nitrogen and oxygen atoms in total. The molecule has 0 atom stereocenters. The highest BCUT2D eigenvalue weighted by Gasteiger charge is 2.09. The average Bonchev–Trinajstić information content (AvgIpc) is 2.63. The largest absolute Gasteiger partial charge is 0.474 e. The number of anilines is 2. The third-order valence-corrected chi connectivity index (χ3v) is 4.67. The lowest BCUT2D eigenvalue weighted by Crippen LogP contribution is -2.12. The van der Waals surface area contributed by atoms with Gasteiger partial charge in [0, 0.05) is 12.3 Å². The second-order valence-corrected chi connectivity index (χ2v) is 7.61. The second kappa shape index (κ2) is 10.5. The number of nitrogens with two attached hydrogens (primary N) is 1. The van der Waals surface area contributed by atoms with Gasteiger partial charge in [-0.1, -0.05) is 0 Å². The Morgan fingerprint density at radius 1 is 1.11 bits per heavy atom. The Labute approximate surface area is 166 Å². The van der Waals surface area contributed by atoms with Gasteiger partial charge in [-0.15, -0.1) is 0 Å². The van der Waals surface area contributed by atoms with Crippen molar-refractivity contribution in [1.29, 1.82) is 0 Å². The maximum Gasteiger partial charge on any atom is 0.238 e. The van der Waals surface area contributed by atoms with Crippen molar-refractivity contribution in [2.45, 2.75) is 11.8 Å². The second-order valence-electron chi connectivity index (χ2n) is 5.20. The van der Waals surface area contributed by atoms with Gasteiger partial charge in [0.05, 0.1) is 35.4 Å². The van der Waals surface area contributed by atoms with E-state index in [1.165, 1.54) is 12.1 Å². The molecule has 1 aromatic heterocycles. The van der Waals surface area contributed by atoms with Gasteiger partial charge >= 0.3 is 0 Å². The number of hydrogen-bond acceptors (Lipinski definition) is 8. The first-order chi connectivity index (χ1) is 12.9. The molecule has 0 aliphatic heterocycles. The summed E-state index contributed by atoms with van der Waals surface area (Å²) >= 11 is 3.33. The molecule has 0 aliphatic rings. The average molecular weight is 461 g/mol. The van der Waals surface area contributed by atoms with E-state index in [2.05, 4.69) is 31.2 Å². The highest BCUT2D eigenvalue weighted by atomic mass is 79.9. The number of benzene rings is 1. The van der Waals surface area contributed by atoms with E-state index in [0.717, 1.165) is 0 Å². The van der Waals surface area contributed by atoms with Crippen molar-refractivity contribution in [1.82, 2.24) is 9.97 Å². The lowest BCUT2D eigenvalue weighted by Gasteiger charge is -2.10. The minimum absolute atomic E-state index is 0.0260. The zero-order valence-corrected chi connectivity index (χ0v) is 17.1. The number of rotatable bonds is 11. The van der Waals surface area contributed by atoms with Crippen LogP contribution in [0.3, 0.4) is 0 Å². The number of nitrogens with one attached hydrogen (secondary N) is 1. The molecular weight excluding hydrogens is 440 g/mol. The molecule has 1 aromatic carbocycles. The normalized spacial score (nSPS) is 11.4. The van der Waals surface area contributed by atoms with E-state index in [9.17, 15) is 8.42 Å². The number of nitrogens with zero attached hydrogens (tertiary/aromatic N) is 2. The maximum absolute atomic E-state index is 11.3. The Hall–Kier alpha value is -1.79. The van der Waals surface area contributed by atoms with Gasteiger partial charge in [-0.25, -0.2) is 18.5 Å². The molecule has 0 saturated heterocycles. The smallest absolute Gasteiger partial charge is 0.238 e. The molecule has 0 amide bonds. The van der Waals surface area contributed by atoms with E-state index >= 15 is 0 Å². The van der Waals surface area contributed by atoms with Crippen LogP contribution in [0.2, 0.25) is 0 Å². The molecule has 0 aliphatic carbocycles. The van der Waals surface area contributed by atoms with E-state index in [-0.39, 0.29) is 4.90 Å². The van der Waals surface area contributed by atoms with Crippen LogP contribution in [0.25, 0.3) is 0 Å². The third kappa shape index (κ3) is 7.39. The lowest BCUT2D eigenvalue weighted by molar-refractivity contribution is 0.0398. The Morgan fingerprint density at radius 2 is 1.78 bits per heavy atom. The van der Waals surface area contributed by atoms with Gasteiger partial charge in [0.25, 0.3) is 0 Å². The van der Waals surface area contributed by atoms with Crippen LogP contribution in [-0.4, -0.2) is 51.4 Å². The quantitative estimate of drug-likeness (QED) is 0.487. The molecule has 0 spiro atoms. The number of primary sulfonamides is 1. The molecule has 1 heterocycles. The summed E-state index contributed by atoms with van der Waals surface area (Å²) in [5.41, 5.74) is 0.606. The van der Waals surface area contributed by atoms with Crippen LogP contribution in [0.4, 0.5) is 11.6 Å². The topological polar surface area (TPSA) is 126 Å². The van der Waals surface area contributed by atoms with Crippen molar-refractivity contribution in [3.8, 4) is 5.88 Å². The van der Waals surface area contributed by atoms with Gasteiger partial charge in [-0.2, -0.15) is 4.98 Å². The monoisotopic (exact) mass is 460 g/mol. The lowest BCUT2D eigenvalue weighted by atomic mass is 10.3. The summed E-state index contributed by atoms with van der Waals surface area (Å²) in [5, 5.41) is 8.04. The zero-order valence-electron chi connectivity index (χ0n) is 14.7. The summed E-state index contributed by atoms with van der Waals surface area (Å²) in [7, 11) is -3.73. The Balaban J connectivity index is 1.90. The number of ether oxygens (including phenoxy) is 3. The molecule has 11 heteroatoms. The minimum atomic E-state index is -3.73. The SMILES string of the molecule is CCOCCOCCOc1nc(Nc2ccc(S(N)(=O)=O)cc2)ncc1Br. The van der Waals surface area contributed by atoms with E-state index < -0.39 is 10.0 Å². The first-order valence-corrected chi connectivity index (χ1v) is 10.4. The van der Waals surface area contributed by atoms with Gasteiger partial charge in [0.15, 0.2) is 0 Å². The molecule has 0 radical (unpaired) electrons. The summed E-state index contributed by atoms with van der Waals surface area (Å²) in [6.45, 7) is 4.37. The summed E-state index contributed by atoms with van der Waals surface area (Å²) in [5.74, 6) is 0.663. The molecule has 2 rings (SSSR count). The van der Waals surface area contributed by atoms with Gasteiger partial charge < -0.3 is 19.5 Å². The molecule has 27 heavy (non-hydrogen) atoms. The van der Waals surface area contributed by atoms with Crippen LogP contribution in [0, 0.1) is 0 Å². The van der Waals surface area contributed by atoms with E-state index in [4.69, 9.17) is 19.3 Å². The molecular formula is C16H21BrN4O5S. The molecule has 0 bridgehead atoms. The van der Waals surface area contributed by atoms with Crippen LogP contribution in [0.15, 0.2) is 39.8 Å². The minimum Gasteiger partial charge on any atom is -0.474 e. The first-order valence-electron chi connectivity index (χ1n) is 8.11. The first kappa shape index (κ1) is 21.5. The van der Waals surface area contributed by atoms with Gasteiger partial charge in [-0.05, 0) is 47.1 Å². The van der Waals surface area contributed by atoms with Crippen LogP contribution in [0.5, 0.6) is 5.88 Å². The molecule has 2 aromatic rings. The molecule has 3 N–H and O–H groups in total. The van der Waals surface area contributed by atoms with Crippen LogP contribution in [-0.2, 0) is 19.5 Å². The van der Waals surface area contributed by atoms with Crippen molar-refractivity contribution < 1.29 is 22.6 Å². The van der Waals surface area contributed by atoms with Gasteiger partial charge in [0.1, 0.15) is 6.61 Å². The fraction of sp³-hybridized carbons (Fsp3) is 0.375. The van der Waals surface area contributed by atoms with Gasteiger partial charge in [0.2, 0.25) is 21.9 Å². The summed E-state index contributed by atoms with van der Waals surface area (Å²) in [6.07, 6.45) is 1.55. The zero-order chi connectivity index (χ0) is 19.7. The van der Waals surface area contributed by atoms with Crippen molar-refractivity contribution in [3.05, 3.63) is 34.9 Å². The predicted octanol–water partition coefficient (Wildman–Crippen LogP) is 2.06. The number of hydrogen-bond donors (Lipinski definition) is 2. The Morgan fingerprint density at radius 3 is 2.44 bits per heavy atom. The fourth-order valence-electron chi connectivity index (χ4n) is 1.93. The summed E-state index contributed by atoms with van der Waals surface area (Å²) < 4.78 is 39.3. The molecule has 0 saturated carbocycles. The third-order valence-electron chi connectivity index (χ3n) is 3.19. The number of sulfonamides is 1. The summed E-state index contributed by atoms with van der Waals surface area (Å²) in [6, 6.07) is 5.93. The van der Waals surface area contributed by atoms with Gasteiger partial charge in [-0.3, -0.25) is 0 Å². The highest BCUT2D eigenvalue weighted by Crippen LogP contribution is 2.24. The Kier molecular flexibility index (Phi) is 8.38. The van der Waals surface area contributed by atoms with Crippen molar-refractivity contribution >= 4 is 37.6 Å². The summed E-state index contributed by atoms with van der Waals surface area (Å²) in [4.78, 5) is 8.44. The molecule has 148 valence electrons. The molecule has 0 unspecified atom stereocenters. The van der Waals surface area contributed by atoms with E-state index in [0.29, 0.717) is 55.0 Å². The van der Waals surface area contributed by atoms with Crippen molar-refractivity contribution in [2.75, 3.05) is 38.4 Å².